The van der Waals surface area contributed by atoms with E-state index >= 15 is 0 Å². The van der Waals surface area contributed by atoms with E-state index in [1.807, 2.05) is 24.3 Å². The molecule has 1 atom stereocenters. The highest BCUT2D eigenvalue weighted by Crippen LogP contribution is 2.33. The molecule has 23 heavy (non-hydrogen) atoms. The average Bonchev–Trinajstić information content (AvgIpc) is 3.12. The molecule has 3 rings (SSSR count). The third kappa shape index (κ3) is 3.14. The minimum atomic E-state index is -4.53. The van der Waals surface area contributed by atoms with Gasteiger partial charge in [-0.15, -0.1) is 10.2 Å². The summed E-state index contributed by atoms with van der Waals surface area (Å²) in [7, 11) is 0. The fourth-order valence-electron chi connectivity index (χ4n) is 2.44. The first kappa shape index (κ1) is 15.7. The molecule has 0 aliphatic carbocycles. The highest BCUT2D eigenvalue weighted by Gasteiger charge is 2.36. The number of anilines is 2. The molecule has 0 saturated heterocycles. The van der Waals surface area contributed by atoms with E-state index in [1.165, 1.54) is 0 Å². The van der Waals surface area contributed by atoms with Crippen molar-refractivity contribution in [1.29, 1.82) is 0 Å². The first-order valence-electron chi connectivity index (χ1n) is 6.93. The first-order chi connectivity index (χ1) is 10.9. The fourth-order valence-corrected chi connectivity index (χ4v) is 3.14. The van der Waals surface area contributed by atoms with Gasteiger partial charge in [-0.1, -0.05) is 29.5 Å². The second-order valence-electron chi connectivity index (χ2n) is 5.14. The molecule has 0 radical (unpaired) electrons. The number of benzene rings is 1. The first-order valence-corrected chi connectivity index (χ1v) is 7.74. The Balaban J connectivity index is 1.70. The zero-order valence-electron chi connectivity index (χ0n) is 12.1. The SMILES string of the molecule is CC(Nc1nnc(C(F)(F)F)s1)C(=O)N1CCc2ccccc21. The van der Waals surface area contributed by atoms with Crippen molar-refractivity contribution < 1.29 is 18.0 Å². The summed E-state index contributed by atoms with van der Waals surface area (Å²) in [6.07, 6.45) is -3.76. The molecule has 1 N–H and O–H groups in total. The highest BCUT2D eigenvalue weighted by atomic mass is 32.1. The molecule has 1 unspecified atom stereocenters. The fraction of sp³-hybridized carbons (Fsp3) is 0.357. The number of nitrogens with one attached hydrogen (secondary N) is 1. The molecule has 122 valence electrons. The number of hydrogen-bond donors (Lipinski definition) is 1. The summed E-state index contributed by atoms with van der Waals surface area (Å²) in [6, 6.07) is 6.88. The number of amides is 1. The molecular formula is C14H13F3N4OS. The molecule has 2 heterocycles. The zero-order chi connectivity index (χ0) is 16.6. The van der Waals surface area contributed by atoms with Gasteiger partial charge in [-0.3, -0.25) is 4.79 Å². The van der Waals surface area contributed by atoms with Gasteiger partial charge in [0.05, 0.1) is 0 Å². The monoisotopic (exact) mass is 342 g/mol. The zero-order valence-corrected chi connectivity index (χ0v) is 12.9. The van der Waals surface area contributed by atoms with Crippen LogP contribution in [0.15, 0.2) is 24.3 Å². The molecule has 0 bridgehead atoms. The van der Waals surface area contributed by atoms with Gasteiger partial charge >= 0.3 is 6.18 Å². The maximum atomic E-state index is 12.5. The molecule has 1 aromatic heterocycles. The van der Waals surface area contributed by atoms with Crippen LogP contribution in [0.3, 0.4) is 0 Å². The minimum Gasteiger partial charge on any atom is -0.349 e. The van der Waals surface area contributed by atoms with Crippen molar-refractivity contribution in [3.63, 3.8) is 0 Å². The van der Waals surface area contributed by atoms with E-state index in [9.17, 15) is 18.0 Å². The van der Waals surface area contributed by atoms with E-state index in [-0.39, 0.29) is 11.0 Å². The molecule has 9 heteroatoms. The van der Waals surface area contributed by atoms with Crippen LogP contribution in [0.25, 0.3) is 0 Å². The van der Waals surface area contributed by atoms with Crippen LogP contribution < -0.4 is 10.2 Å². The molecular weight excluding hydrogens is 329 g/mol. The van der Waals surface area contributed by atoms with E-state index in [4.69, 9.17) is 0 Å². The van der Waals surface area contributed by atoms with Crippen molar-refractivity contribution in [2.24, 2.45) is 0 Å². The van der Waals surface area contributed by atoms with Crippen molar-refractivity contribution in [3.8, 4) is 0 Å². The molecule has 0 spiro atoms. The number of aromatic nitrogens is 2. The van der Waals surface area contributed by atoms with Gasteiger partial charge < -0.3 is 10.2 Å². The number of halogens is 3. The van der Waals surface area contributed by atoms with Crippen LogP contribution in [0.2, 0.25) is 0 Å². The smallest absolute Gasteiger partial charge is 0.349 e. The Morgan fingerprint density at radius 2 is 2.09 bits per heavy atom. The van der Waals surface area contributed by atoms with Crippen molar-refractivity contribution in [2.45, 2.75) is 25.6 Å². The molecule has 5 nitrogen and oxygen atoms in total. The van der Waals surface area contributed by atoms with Crippen LogP contribution in [0.4, 0.5) is 24.0 Å². The highest BCUT2D eigenvalue weighted by molar-refractivity contribution is 7.15. The van der Waals surface area contributed by atoms with Gasteiger partial charge in [-0.2, -0.15) is 13.2 Å². The molecule has 0 fully saturated rings. The van der Waals surface area contributed by atoms with Crippen LogP contribution in [-0.4, -0.2) is 28.7 Å². The van der Waals surface area contributed by atoms with Crippen LogP contribution in [0, 0.1) is 0 Å². The summed E-state index contributed by atoms with van der Waals surface area (Å²) in [6.45, 7) is 2.16. The van der Waals surface area contributed by atoms with Gasteiger partial charge in [0.2, 0.25) is 16.0 Å². The van der Waals surface area contributed by atoms with Crippen LogP contribution in [-0.2, 0) is 17.4 Å². The summed E-state index contributed by atoms with van der Waals surface area (Å²) in [4.78, 5) is 14.2. The third-order valence-corrected chi connectivity index (χ3v) is 4.43. The number of hydrogen-bond acceptors (Lipinski definition) is 5. The van der Waals surface area contributed by atoms with Gasteiger partial charge in [-0.25, -0.2) is 0 Å². The molecule has 2 aromatic rings. The van der Waals surface area contributed by atoms with E-state index in [0.29, 0.717) is 17.9 Å². The standard InChI is InChI=1S/C14H13F3N4OS/c1-8(18-13-20-19-12(23-13)14(15,16)17)11(22)21-7-6-9-4-2-3-5-10(9)21/h2-5,8H,6-7H2,1H3,(H,18,20). The summed E-state index contributed by atoms with van der Waals surface area (Å²) in [5.41, 5.74) is 1.93. The van der Waals surface area contributed by atoms with Crippen molar-refractivity contribution in [3.05, 3.63) is 34.8 Å². The number of rotatable bonds is 3. The molecule has 1 aliphatic rings. The predicted octanol–water partition coefficient (Wildman–Crippen LogP) is 2.95. The van der Waals surface area contributed by atoms with Crippen LogP contribution in [0.5, 0.6) is 0 Å². The lowest BCUT2D eigenvalue weighted by molar-refractivity contribution is -0.138. The second-order valence-corrected chi connectivity index (χ2v) is 6.12. The quantitative estimate of drug-likeness (QED) is 0.932. The van der Waals surface area contributed by atoms with Gasteiger partial charge in [0.15, 0.2) is 0 Å². The molecule has 0 saturated carbocycles. The number of alkyl halides is 3. The predicted molar refractivity (Wildman–Crippen MR) is 80.5 cm³/mol. The van der Waals surface area contributed by atoms with Gasteiger partial charge in [0, 0.05) is 12.2 Å². The Labute approximate surface area is 134 Å². The normalized spacial score (nSPS) is 15.4. The molecule has 1 amide bonds. The number of carbonyl (C=O) groups is 1. The summed E-state index contributed by atoms with van der Waals surface area (Å²) in [5.74, 6) is -0.210. The number of fused-ring (bicyclic) bond motifs is 1. The maximum Gasteiger partial charge on any atom is 0.445 e. The summed E-state index contributed by atoms with van der Waals surface area (Å²) < 4.78 is 37.5. The average molecular weight is 342 g/mol. The van der Waals surface area contributed by atoms with Gasteiger partial charge in [0.25, 0.3) is 0 Å². The van der Waals surface area contributed by atoms with Crippen molar-refractivity contribution in [2.75, 3.05) is 16.8 Å². The Bertz CT molecular complexity index is 731. The minimum absolute atomic E-state index is 0.0225. The van der Waals surface area contributed by atoms with Crippen LogP contribution in [0.1, 0.15) is 17.5 Å². The lowest BCUT2D eigenvalue weighted by atomic mass is 10.2. The van der Waals surface area contributed by atoms with Crippen LogP contribution >= 0.6 is 11.3 Å². The van der Waals surface area contributed by atoms with Crippen molar-refractivity contribution >= 4 is 28.1 Å². The molecule has 1 aromatic carbocycles. The number of carbonyl (C=O) groups excluding carboxylic acids is 1. The Morgan fingerprint density at radius 3 is 2.78 bits per heavy atom. The lowest BCUT2D eigenvalue weighted by Crippen LogP contribution is -2.40. The summed E-state index contributed by atoms with van der Waals surface area (Å²) >= 11 is 0.385. The summed E-state index contributed by atoms with van der Waals surface area (Å²) in [5, 5.41) is 8.17. The lowest BCUT2D eigenvalue weighted by Gasteiger charge is -2.22. The topological polar surface area (TPSA) is 58.1 Å². The Kier molecular flexibility index (Phi) is 3.97. The number of nitrogens with zero attached hydrogens (tertiary/aromatic N) is 3. The Hall–Kier alpha value is -2.16. The van der Waals surface area contributed by atoms with E-state index < -0.39 is 17.2 Å². The van der Waals surface area contributed by atoms with Gasteiger partial charge in [0.1, 0.15) is 6.04 Å². The Morgan fingerprint density at radius 1 is 1.35 bits per heavy atom. The van der Waals surface area contributed by atoms with Gasteiger partial charge in [-0.05, 0) is 25.0 Å². The van der Waals surface area contributed by atoms with E-state index in [2.05, 4.69) is 15.5 Å². The van der Waals surface area contributed by atoms with E-state index in [0.717, 1.165) is 17.7 Å². The molecule has 1 aliphatic heterocycles. The largest absolute Gasteiger partial charge is 0.445 e. The number of para-hydroxylation sites is 1. The van der Waals surface area contributed by atoms with Crippen molar-refractivity contribution in [1.82, 2.24) is 10.2 Å². The second kappa shape index (κ2) is 5.80. The van der Waals surface area contributed by atoms with E-state index in [1.54, 1.807) is 11.8 Å². The third-order valence-electron chi connectivity index (χ3n) is 3.53. The maximum absolute atomic E-state index is 12.5.